The molecular weight excluding hydrogens is 523 g/mol. The SMILES string of the molecule is CNC(=O)c1cnc(C2(O)CCC(N)CC2)s1.O=C(NCC(=O)N1CCCC1)c1cccc(C(F)(F)F)c1. The van der Waals surface area contributed by atoms with Gasteiger partial charge in [-0.2, -0.15) is 13.2 Å². The van der Waals surface area contributed by atoms with Crippen LogP contribution in [0.5, 0.6) is 0 Å². The highest BCUT2D eigenvalue weighted by Gasteiger charge is 2.36. The first-order valence-electron chi connectivity index (χ1n) is 12.3. The van der Waals surface area contributed by atoms with Gasteiger partial charge in [-0.1, -0.05) is 6.07 Å². The van der Waals surface area contributed by atoms with Crippen LogP contribution in [0.15, 0.2) is 30.5 Å². The van der Waals surface area contributed by atoms with E-state index in [1.165, 1.54) is 29.7 Å². The number of alkyl halides is 3. The maximum Gasteiger partial charge on any atom is 0.416 e. The molecule has 4 rings (SSSR count). The molecule has 2 aromatic rings. The van der Waals surface area contributed by atoms with Gasteiger partial charge in [-0.25, -0.2) is 4.98 Å². The minimum atomic E-state index is -4.50. The molecule has 1 saturated carbocycles. The van der Waals surface area contributed by atoms with Crippen molar-refractivity contribution in [2.45, 2.75) is 56.3 Å². The first-order chi connectivity index (χ1) is 17.9. The lowest BCUT2D eigenvalue weighted by molar-refractivity contribution is -0.137. The molecule has 5 N–H and O–H groups in total. The molecule has 0 radical (unpaired) electrons. The molecule has 0 atom stereocenters. The summed E-state index contributed by atoms with van der Waals surface area (Å²) in [4.78, 5) is 41.3. The number of likely N-dealkylation sites (tertiary alicyclic amines) is 1. The first kappa shape index (κ1) is 29.5. The molecule has 2 heterocycles. The highest BCUT2D eigenvalue weighted by molar-refractivity contribution is 7.13. The first-order valence-corrected chi connectivity index (χ1v) is 13.1. The fourth-order valence-corrected chi connectivity index (χ4v) is 5.23. The third-order valence-corrected chi connectivity index (χ3v) is 7.71. The molecule has 3 amide bonds. The van der Waals surface area contributed by atoms with E-state index in [-0.39, 0.29) is 30.0 Å². The van der Waals surface area contributed by atoms with Crippen LogP contribution < -0.4 is 16.4 Å². The van der Waals surface area contributed by atoms with E-state index in [9.17, 15) is 32.7 Å². The molecule has 38 heavy (non-hydrogen) atoms. The average Bonchev–Trinajstić information content (AvgIpc) is 3.62. The summed E-state index contributed by atoms with van der Waals surface area (Å²) >= 11 is 1.26. The number of benzene rings is 1. The number of nitrogens with one attached hydrogen (secondary N) is 2. The van der Waals surface area contributed by atoms with Crippen LogP contribution in [0.25, 0.3) is 0 Å². The highest BCUT2D eigenvalue weighted by atomic mass is 32.1. The largest absolute Gasteiger partial charge is 0.416 e. The molecule has 2 aliphatic rings. The Hall–Kier alpha value is -3.03. The van der Waals surface area contributed by atoms with Gasteiger partial charge in [0.25, 0.3) is 11.8 Å². The quantitative estimate of drug-likeness (QED) is 0.448. The Morgan fingerprint density at radius 2 is 1.84 bits per heavy atom. The maximum absolute atomic E-state index is 12.6. The van der Waals surface area contributed by atoms with Crippen LogP contribution in [0, 0.1) is 0 Å². The number of thiazole rings is 1. The van der Waals surface area contributed by atoms with Crippen molar-refractivity contribution >= 4 is 29.1 Å². The molecule has 0 unspecified atom stereocenters. The van der Waals surface area contributed by atoms with Gasteiger partial charge in [-0.05, 0) is 56.7 Å². The van der Waals surface area contributed by atoms with E-state index >= 15 is 0 Å². The zero-order chi connectivity index (χ0) is 27.9. The van der Waals surface area contributed by atoms with Crippen molar-refractivity contribution in [2.75, 3.05) is 26.7 Å². The number of aromatic nitrogens is 1. The van der Waals surface area contributed by atoms with Crippen LogP contribution in [-0.2, 0) is 16.6 Å². The Bertz CT molecular complexity index is 1130. The van der Waals surface area contributed by atoms with E-state index in [0.29, 0.717) is 35.8 Å². The number of carbonyl (C=O) groups excluding carboxylic acids is 3. The Balaban J connectivity index is 0.000000215. The van der Waals surface area contributed by atoms with Gasteiger partial charge in [0.05, 0.1) is 18.3 Å². The van der Waals surface area contributed by atoms with E-state index in [2.05, 4.69) is 15.6 Å². The van der Waals surface area contributed by atoms with Crippen LogP contribution in [0.4, 0.5) is 13.2 Å². The van der Waals surface area contributed by atoms with E-state index < -0.39 is 23.2 Å². The normalized spacial score (nSPS) is 21.3. The summed E-state index contributed by atoms with van der Waals surface area (Å²) in [7, 11) is 1.58. The summed E-state index contributed by atoms with van der Waals surface area (Å²) in [5.74, 6) is -1.06. The lowest BCUT2D eigenvalue weighted by Gasteiger charge is -2.32. The summed E-state index contributed by atoms with van der Waals surface area (Å²) in [6, 6.07) is 4.29. The van der Waals surface area contributed by atoms with Crippen molar-refractivity contribution in [3.8, 4) is 0 Å². The predicted octanol–water partition coefficient (Wildman–Crippen LogP) is 2.65. The van der Waals surface area contributed by atoms with Crippen molar-refractivity contribution in [2.24, 2.45) is 5.73 Å². The predicted molar refractivity (Wildman–Crippen MR) is 135 cm³/mol. The van der Waals surface area contributed by atoms with E-state index in [1.807, 2.05) is 0 Å². The Labute approximate surface area is 222 Å². The lowest BCUT2D eigenvalue weighted by Crippen LogP contribution is -2.38. The summed E-state index contributed by atoms with van der Waals surface area (Å²) in [5, 5.41) is 16.0. The topological polar surface area (TPSA) is 138 Å². The summed E-state index contributed by atoms with van der Waals surface area (Å²) in [5.41, 5.74) is 3.92. The fourth-order valence-electron chi connectivity index (χ4n) is 4.22. The smallest absolute Gasteiger partial charge is 0.383 e. The van der Waals surface area contributed by atoms with Crippen molar-refractivity contribution in [3.63, 3.8) is 0 Å². The van der Waals surface area contributed by atoms with Crippen molar-refractivity contribution in [3.05, 3.63) is 51.5 Å². The van der Waals surface area contributed by atoms with Crippen molar-refractivity contribution in [1.82, 2.24) is 20.5 Å². The van der Waals surface area contributed by atoms with Crippen molar-refractivity contribution < 1.29 is 32.7 Å². The molecule has 1 aliphatic heterocycles. The maximum atomic E-state index is 12.6. The van der Waals surface area contributed by atoms with Gasteiger partial charge < -0.3 is 26.4 Å². The summed E-state index contributed by atoms with van der Waals surface area (Å²) < 4.78 is 37.7. The molecule has 1 aromatic heterocycles. The van der Waals surface area contributed by atoms with Crippen LogP contribution in [0.3, 0.4) is 0 Å². The Kier molecular flexibility index (Phi) is 9.85. The number of carbonyl (C=O) groups is 3. The lowest BCUT2D eigenvalue weighted by atomic mass is 9.83. The van der Waals surface area contributed by atoms with Gasteiger partial charge in [0.2, 0.25) is 5.91 Å². The van der Waals surface area contributed by atoms with E-state index in [4.69, 9.17) is 5.73 Å². The zero-order valence-electron chi connectivity index (χ0n) is 21.0. The monoisotopic (exact) mass is 555 g/mol. The molecule has 0 spiro atoms. The number of halogens is 3. The highest BCUT2D eigenvalue weighted by Crippen LogP contribution is 2.38. The van der Waals surface area contributed by atoms with Gasteiger partial charge >= 0.3 is 6.18 Å². The molecule has 1 aliphatic carbocycles. The standard InChI is InChI=1S/C14H15F3N2O2.C11H17N3O2S/c15-14(16,17)11-5-3-4-10(8-11)13(21)18-9-12(20)19-6-1-2-7-19;1-13-9(15)8-6-14-10(17-8)11(16)4-2-7(12)3-5-11/h3-5,8H,1-2,6-7,9H2,(H,18,21);6-7,16H,2-5,12H2,1H3,(H,13,15). The van der Waals surface area contributed by atoms with Crippen LogP contribution >= 0.6 is 11.3 Å². The second-order valence-electron chi connectivity index (χ2n) is 9.33. The van der Waals surface area contributed by atoms with Gasteiger partial charge in [0.1, 0.15) is 15.5 Å². The Morgan fingerprint density at radius 1 is 1.18 bits per heavy atom. The molecule has 13 heteroatoms. The van der Waals surface area contributed by atoms with Gasteiger partial charge in [-0.15, -0.1) is 11.3 Å². The zero-order valence-corrected chi connectivity index (χ0v) is 21.8. The van der Waals surface area contributed by atoms with Gasteiger partial charge in [-0.3, -0.25) is 14.4 Å². The summed E-state index contributed by atoms with van der Waals surface area (Å²) in [6.07, 6.45) is 1.73. The minimum absolute atomic E-state index is 0.112. The molecule has 1 saturated heterocycles. The molecule has 9 nitrogen and oxygen atoms in total. The number of nitrogens with two attached hydrogens (primary N) is 1. The van der Waals surface area contributed by atoms with Crippen LogP contribution in [-0.4, -0.2) is 65.4 Å². The molecule has 2 fully saturated rings. The number of amides is 3. The second-order valence-corrected chi connectivity index (χ2v) is 10.4. The van der Waals surface area contributed by atoms with Crippen molar-refractivity contribution in [1.29, 1.82) is 0 Å². The molecule has 0 bridgehead atoms. The van der Waals surface area contributed by atoms with Gasteiger partial charge in [0.15, 0.2) is 0 Å². The van der Waals surface area contributed by atoms with Gasteiger partial charge in [0, 0.05) is 31.7 Å². The third kappa shape index (κ3) is 7.74. The summed E-state index contributed by atoms with van der Waals surface area (Å²) in [6.45, 7) is 1.13. The molecule has 1 aromatic carbocycles. The van der Waals surface area contributed by atoms with Crippen LogP contribution in [0.1, 0.15) is 69.1 Å². The average molecular weight is 556 g/mol. The second kappa shape index (κ2) is 12.7. The van der Waals surface area contributed by atoms with E-state index in [0.717, 1.165) is 37.8 Å². The minimum Gasteiger partial charge on any atom is -0.383 e. The van der Waals surface area contributed by atoms with Crippen LogP contribution in [0.2, 0.25) is 0 Å². The number of hydrogen-bond acceptors (Lipinski definition) is 7. The number of rotatable bonds is 5. The third-order valence-electron chi connectivity index (χ3n) is 6.52. The number of aliphatic hydroxyl groups is 1. The fraction of sp³-hybridized carbons (Fsp3) is 0.520. The molecule has 208 valence electrons. The molecular formula is C25H32F3N5O4S. The number of hydrogen-bond donors (Lipinski definition) is 4. The Morgan fingerprint density at radius 3 is 2.45 bits per heavy atom. The van der Waals surface area contributed by atoms with E-state index in [1.54, 1.807) is 11.9 Å². The number of nitrogens with zero attached hydrogens (tertiary/aromatic N) is 2.